The number of benzene rings is 2. The minimum absolute atomic E-state index is 0.133. The molecule has 2 aliphatic rings. The third-order valence-electron chi connectivity index (χ3n) is 5.71. The van der Waals surface area contributed by atoms with Gasteiger partial charge in [-0.15, -0.1) is 0 Å². The van der Waals surface area contributed by atoms with Crippen LogP contribution in [0.5, 0.6) is 0 Å². The molecule has 2 aromatic rings. The third kappa shape index (κ3) is 4.89. The van der Waals surface area contributed by atoms with E-state index in [9.17, 15) is 17.6 Å². The molecule has 172 valence electrons. The van der Waals surface area contributed by atoms with Gasteiger partial charge in [0.05, 0.1) is 18.2 Å². The van der Waals surface area contributed by atoms with Crippen molar-refractivity contribution in [3.8, 4) is 0 Å². The lowest BCUT2D eigenvalue weighted by atomic mass is 9.98. The van der Waals surface area contributed by atoms with E-state index < -0.39 is 34.0 Å². The number of carbonyl (C=O) groups excluding carboxylic acids is 1. The molecule has 2 heterocycles. The fraction of sp³-hybridized carbons (Fsp3) is 0.381. The van der Waals surface area contributed by atoms with Gasteiger partial charge in [-0.2, -0.15) is 17.4 Å². The number of likely N-dealkylation sites (N-methyl/N-ethyl adjacent to an activating group) is 1. The largest absolute Gasteiger partial charge is 0.378 e. The van der Waals surface area contributed by atoms with Gasteiger partial charge in [0.15, 0.2) is 0 Å². The minimum atomic E-state index is -3.90. The molecule has 0 spiro atoms. The summed E-state index contributed by atoms with van der Waals surface area (Å²) >= 11 is 5.78. The van der Waals surface area contributed by atoms with Crippen molar-refractivity contribution in [2.45, 2.75) is 18.5 Å². The fourth-order valence-corrected chi connectivity index (χ4v) is 5.34. The molecule has 0 radical (unpaired) electrons. The van der Waals surface area contributed by atoms with Gasteiger partial charge in [0, 0.05) is 37.6 Å². The van der Waals surface area contributed by atoms with E-state index in [-0.39, 0.29) is 17.1 Å². The number of halogens is 2. The van der Waals surface area contributed by atoms with Crippen molar-refractivity contribution in [1.29, 1.82) is 0 Å². The number of carbonyl (C=O) groups is 1. The SMILES string of the molecule is CN1[C@@H](C(=O)Nc2ccc(F)c(Cl)c2)C[C@@H](c2cccc(N3CCOCC3)c2)NS1(=O)=O. The van der Waals surface area contributed by atoms with Crippen molar-refractivity contribution in [1.82, 2.24) is 9.03 Å². The van der Waals surface area contributed by atoms with E-state index in [1.165, 1.54) is 19.2 Å². The van der Waals surface area contributed by atoms with Crippen molar-refractivity contribution >= 4 is 39.1 Å². The van der Waals surface area contributed by atoms with Crippen molar-refractivity contribution in [3.63, 3.8) is 0 Å². The average molecular weight is 483 g/mol. The normalized spacial score (nSPS) is 23.7. The van der Waals surface area contributed by atoms with Gasteiger partial charge in [-0.1, -0.05) is 23.7 Å². The van der Waals surface area contributed by atoms with E-state index in [4.69, 9.17) is 16.3 Å². The van der Waals surface area contributed by atoms with Gasteiger partial charge in [-0.05, 0) is 42.3 Å². The second-order valence-electron chi connectivity index (χ2n) is 7.76. The van der Waals surface area contributed by atoms with Crippen LogP contribution in [0.15, 0.2) is 42.5 Å². The lowest BCUT2D eigenvalue weighted by Crippen LogP contribution is -2.55. The number of morpholine rings is 1. The summed E-state index contributed by atoms with van der Waals surface area (Å²) in [6.07, 6.45) is 0.225. The Hall–Kier alpha value is -2.24. The quantitative estimate of drug-likeness (QED) is 0.699. The summed E-state index contributed by atoms with van der Waals surface area (Å²) in [5.74, 6) is -1.12. The Labute approximate surface area is 191 Å². The Kier molecular flexibility index (Phi) is 6.68. The van der Waals surface area contributed by atoms with Crippen LogP contribution in [0.25, 0.3) is 0 Å². The van der Waals surface area contributed by atoms with Crippen LogP contribution in [0.1, 0.15) is 18.0 Å². The molecule has 0 aromatic heterocycles. The lowest BCUT2D eigenvalue weighted by Gasteiger charge is -2.36. The second kappa shape index (κ2) is 9.32. The summed E-state index contributed by atoms with van der Waals surface area (Å²) in [5, 5.41) is 2.50. The Morgan fingerprint density at radius 1 is 1.22 bits per heavy atom. The molecule has 1 amide bonds. The maximum Gasteiger partial charge on any atom is 0.280 e. The number of hydrogen-bond acceptors (Lipinski definition) is 5. The van der Waals surface area contributed by atoms with E-state index in [0.717, 1.165) is 34.7 Å². The molecule has 0 saturated carbocycles. The molecule has 8 nitrogen and oxygen atoms in total. The van der Waals surface area contributed by atoms with Crippen LogP contribution in [0.4, 0.5) is 15.8 Å². The van der Waals surface area contributed by atoms with Gasteiger partial charge in [0.1, 0.15) is 11.9 Å². The summed E-state index contributed by atoms with van der Waals surface area (Å²) in [7, 11) is -2.54. The smallest absolute Gasteiger partial charge is 0.280 e. The van der Waals surface area contributed by atoms with Crippen molar-refractivity contribution in [2.24, 2.45) is 0 Å². The van der Waals surface area contributed by atoms with Crippen LogP contribution in [0.2, 0.25) is 5.02 Å². The summed E-state index contributed by atoms with van der Waals surface area (Å²) in [6, 6.07) is 9.90. The van der Waals surface area contributed by atoms with E-state index in [2.05, 4.69) is 14.9 Å². The Morgan fingerprint density at radius 2 is 1.97 bits per heavy atom. The van der Waals surface area contributed by atoms with Crippen molar-refractivity contribution < 1.29 is 22.3 Å². The average Bonchev–Trinajstić information content (AvgIpc) is 2.78. The van der Waals surface area contributed by atoms with Crippen LogP contribution in [0.3, 0.4) is 0 Å². The first-order valence-corrected chi connectivity index (χ1v) is 12.0. The van der Waals surface area contributed by atoms with Crippen molar-refractivity contribution in [2.75, 3.05) is 43.6 Å². The summed E-state index contributed by atoms with van der Waals surface area (Å²) in [6.45, 7) is 2.79. The molecule has 2 atom stereocenters. The highest BCUT2D eigenvalue weighted by Gasteiger charge is 2.40. The molecule has 4 rings (SSSR count). The van der Waals surface area contributed by atoms with Gasteiger partial charge >= 0.3 is 0 Å². The molecule has 11 heteroatoms. The Morgan fingerprint density at radius 3 is 2.69 bits per heavy atom. The molecule has 2 aromatic carbocycles. The van der Waals surface area contributed by atoms with Gasteiger partial charge < -0.3 is 15.0 Å². The molecule has 2 aliphatic heterocycles. The molecule has 32 heavy (non-hydrogen) atoms. The van der Waals surface area contributed by atoms with E-state index in [0.29, 0.717) is 13.2 Å². The number of anilines is 2. The second-order valence-corrected chi connectivity index (χ2v) is 9.92. The topological polar surface area (TPSA) is 91.0 Å². The highest BCUT2D eigenvalue weighted by Crippen LogP contribution is 2.31. The molecule has 2 N–H and O–H groups in total. The first-order valence-electron chi connectivity index (χ1n) is 10.2. The molecule has 2 fully saturated rings. The fourth-order valence-electron chi connectivity index (χ4n) is 3.89. The maximum absolute atomic E-state index is 13.4. The molecular weight excluding hydrogens is 459 g/mol. The molecule has 0 unspecified atom stereocenters. The summed E-state index contributed by atoms with van der Waals surface area (Å²) in [4.78, 5) is 15.1. The van der Waals surface area contributed by atoms with Gasteiger partial charge in [-0.3, -0.25) is 4.79 Å². The van der Waals surface area contributed by atoms with Gasteiger partial charge in [0.2, 0.25) is 5.91 Å². The van der Waals surface area contributed by atoms with Gasteiger partial charge in [0.25, 0.3) is 10.2 Å². The third-order valence-corrected chi connectivity index (χ3v) is 7.59. The number of rotatable bonds is 4. The molecule has 2 saturated heterocycles. The predicted octanol–water partition coefficient (Wildman–Crippen LogP) is 2.53. The zero-order valence-electron chi connectivity index (χ0n) is 17.4. The van der Waals surface area contributed by atoms with Gasteiger partial charge in [-0.25, -0.2) is 4.39 Å². The number of amides is 1. The number of hydrogen-bond donors (Lipinski definition) is 2. The number of ether oxygens (including phenoxy) is 1. The van der Waals surface area contributed by atoms with Crippen LogP contribution in [-0.4, -0.2) is 58.0 Å². The molecular formula is C21H24ClFN4O4S. The van der Waals surface area contributed by atoms with Crippen LogP contribution in [0, 0.1) is 5.82 Å². The standard InChI is InChI=1S/C21H24ClFN4O4S/c1-26-20(21(28)24-15-5-6-18(23)17(22)12-15)13-19(25-32(26,29)30)14-3-2-4-16(11-14)27-7-9-31-10-8-27/h2-6,11-12,19-20,25H,7-10,13H2,1H3,(H,24,28)/t19-,20+/m0/s1. The van der Waals surface area contributed by atoms with Crippen LogP contribution >= 0.6 is 11.6 Å². The van der Waals surface area contributed by atoms with E-state index in [1.807, 2.05) is 24.3 Å². The summed E-state index contributed by atoms with van der Waals surface area (Å²) in [5.41, 5.74) is 2.04. The highest BCUT2D eigenvalue weighted by molar-refractivity contribution is 7.87. The van der Waals surface area contributed by atoms with E-state index >= 15 is 0 Å². The van der Waals surface area contributed by atoms with Crippen LogP contribution in [-0.2, 0) is 19.7 Å². The summed E-state index contributed by atoms with van der Waals surface area (Å²) < 4.78 is 48.0. The monoisotopic (exact) mass is 482 g/mol. The number of nitrogens with one attached hydrogen (secondary N) is 2. The molecule has 0 bridgehead atoms. The first kappa shape index (κ1) is 22.9. The van der Waals surface area contributed by atoms with E-state index in [1.54, 1.807) is 0 Å². The minimum Gasteiger partial charge on any atom is -0.378 e. The zero-order chi connectivity index (χ0) is 22.9. The number of nitrogens with zero attached hydrogens (tertiary/aromatic N) is 2. The highest BCUT2D eigenvalue weighted by atomic mass is 35.5. The Bertz CT molecular complexity index is 1110. The maximum atomic E-state index is 13.4. The first-order chi connectivity index (χ1) is 15.2. The Balaban J connectivity index is 1.56. The van der Waals surface area contributed by atoms with Crippen LogP contribution < -0.4 is 14.9 Å². The lowest BCUT2D eigenvalue weighted by molar-refractivity contribution is -0.120. The zero-order valence-corrected chi connectivity index (χ0v) is 19.0. The molecule has 0 aliphatic carbocycles. The predicted molar refractivity (Wildman–Crippen MR) is 120 cm³/mol. The van der Waals surface area contributed by atoms with Crippen molar-refractivity contribution in [3.05, 3.63) is 58.9 Å².